The van der Waals surface area contributed by atoms with Crippen molar-refractivity contribution in [3.63, 3.8) is 0 Å². The lowest BCUT2D eigenvalue weighted by molar-refractivity contribution is -0.151. The van der Waals surface area contributed by atoms with E-state index in [1.54, 1.807) is 0 Å². The van der Waals surface area contributed by atoms with E-state index >= 15 is 0 Å². The Balaban J connectivity index is 2.02. The number of ether oxygens (including phenoxy) is 2. The normalized spacial score (nSPS) is 28.3. The van der Waals surface area contributed by atoms with E-state index in [4.69, 9.17) is 15.2 Å². The number of cyclic esters (lactones) is 1. The van der Waals surface area contributed by atoms with E-state index in [0.29, 0.717) is 6.61 Å². The molecule has 0 spiro atoms. The number of nitrogens with two attached hydrogens (primary N) is 1. The Bertz CT molecular complexity index is 659. The highest BCUT2D eigenvalue weighted by molar-refractivity contribution is 5.76. The maximum atomic E-state index is 12.1. The first-order valence-electron chi connectivity index (χ1n) is 8.30. The van der Waals surface area contributed by atoms with Gasteiger partial charge < -0.3 is 15.2 Å². The second-order valence-corrected chi connectivity index (χ2v) is 6.24. The molecule has 4 heteroatoms. The second-order valence-electron chi connectivity index (χ2n) is 6.24. The number of benzene rings is 2. The molecule has 0 amide bonds. The molecule has 126 valence electrons. The van der Waals surface area contributed by atoms with Crippen LogP contribution in [0.1, 0.15) is 29.9 Å². The molecule has 1 aliphatic heterocycles. The van der Waals surface area contributed by atoms with Crippen molar-refractivity contribution in [2.24, 2.45) is 5.73 Å². The van der Waals surface area contributed by atoms with E-state index in [1.165, 1.54) is 5.56 Å². The van der Waals surface area contributed by atoms with Crippen molar-refractivity contribution in [2.75, 3.05) is 13.2 Å². The van der Waals surface area contributed by atoms with Crippen molar-refractivity contribution in [1.29, 1.82) is 0 Å². The van der Waals surface area contributed by atoms with Gasteiger partial charge in [-0.2, -0.15) is 0 Å². The van der Waals surface area contributed by atoms with Crippen LogP contribution in [0, 0.1) is 0 Å². The Morgan fingerprint density at radius 1 is 0.917 bits per heavy atom. The molecule has 0 aliphatic carbocycles. The molecule has 2 aromatic rings. The van der Waals surface area contributed by atoms with Gasteiger partial charge in [0.05, 0.1) is 13.2 Å². The predicted octanol–water partition coefficient (Wildman–Crippen LogP) is 2.84. The molecule has 3 rings (SSSR count). The highest BCUT2D eigenvalue weighted by Crippen LogP contribution is 2.38. The third kappa shape index (κ3) is 3.66. The summed E-state index contributed by atoms with van der Waals surface area (Å²) >= 11 is 0. The number of carbonyl (C=O) groups is 1. The van der Waals surface area contributed by atoms with E-state index in [0.717, 1.165) is 5.56 Å². The quantitative estimate of drug-likeness (QED) is 0.863. The minimum Gasteiger partial charge on any atom is -0.461 e. The molecule has 4 nitrogen and oxygen atoms in total. The third-order valence-corrected chi connectivity index (χ3v) is 4.55. The van der Waals surface area contributed by atoms with Gasteiger partial charge in [-0.3, -0.25) is 4.79 Å². The molecule has 0 aromatic heterocycles. The summed E-state index contributed by atoms with van der Waals surface area (Å²) in [6.07, 6.45) is -0.294. The molecule has 1 aliphatic rings. The lowest BCUT2D eigenvalue weighted by Gasteiger charge is -2.31. The van der Waals surface area contributed by atoms with Gasteiger partial charge in [0.15, 0.2) is 0 Å². The standard InChI is InChI=1S/C20H23NO3/c1-14-19(16-10-6-3-7-11-16)17(15-8-4-2-5-9-15)12-23-13-18(21)20(22)24-14/h2-11,14,17-19H,12-13,21H2,1H3/t14-,17+,18-,19+/m0/s1. The molecule has 0 radical (unpaired) electrons. The van der Waals surface area contributed by atoms with Crippen LogP contribution in [0.4, 0.5) is 0 Å². The van der Waals surface area contributed by atoms with Gasteiger partial charge in [0.2, 0.25) is 0 Å². The van der Waals surface area contributed by atoms with Gasteiger partial charge >= 0.3 is 5.97 Å². The number of hydrogen-bond donors (Lipinski definition) is 1. The van der Waals surface area contributed by atoms with E-state index < -0.39 is 12.0 Å². The molecule has 2 aromatic carbocycles. The van der Waals surface area contributed by atoms with Crippen molar-refractivity contribution >= 4 is 5.97 Å². The molecule has 0 saturated carbocycles. The van der Waals surface area contributed by atoms with Crippen LogP contribution in [0.3, 0.4) is 0 Å². The summed E-state index contributed by atoms with van der Waals surface area (Å²) in [6.45, 7) is 2.61. The Hall–Kier alpha value is -2.17. The van der Waals surface area contributed by atoms with Crippen LogP contribution < -0.4 is 5.73 Å². The van der Waals surface area contributed by atoms with Crippen molar-refractivity contribution in [3.8, 4) is 0 Å². The fourth-order valence-corrected chi connectivity index (χ4v) is 3.35. The van der Waals surface area contributed by atoms with Gasteiger partial charge in [-0.25, -0.2) is 0 Å². The second kappa shape index (κ2) is 7.60. The van der Waals surface area contributed by atoms with Gasteiger partial charge in [0.25, 0.3) is 0 Å². The summed E-state index contributed by atoms with van der Waals surface area (Å²) in [5, 5.41) is 0. The zero-order chi connectivity index (χ0) is 16.9. The highest BCUT2D eigenvalue weighted by atomic mass is 16.5. The number of esters is 1. The van der Waals surface area contributed by atoms with Crippen LogP contribution in [0.15, 0.2) is 60.7 Å². The molecule has 0 unspecified atom stereocenters. The number of carbonyl (C=O) groups excluding carboxylic acids is 1. The van der Waals surface area contributed by atoms with Crippen molar-refractivity contribution < 1.29 is 14.3 Å². The minimum absolute atomic E-state index is 0.00264. The maximum absolute atomic E-state index is 12.1. The fourth-order valence-electron chi connectivity index (χ4n) is 3.35. The zero-order valence-electron chi connectivity index (χ0n) is 13.8. The van der Waals surface area contributed by atoms with E-state index in [2.05, 4.69) is 24.3 Å². The Kier molecular flexibility index (Phi) is 5.28. The summed E-state index contributed by atoms with van der Waals surface area (Å²) in [5.74, 6) is -0.318. The molecule has 1 fully saturated rings. The highest BCUT2D eigenvalue weighted by Gasteiger charge is 2.34. The first-order valence-corrected chi connectivity index (χ1v) is 8.30. The van der Waals surface area contributed by atoms with Crippen LogP contribution in [0.5, 0.6) is 0 Å². The molecule has 1 saturated heterocycles. The SMILES string of the molecule is C[C@@H]1OC(=O)[C@@H](N)COC[C@H](c2ccccc2)[C@H]1c1ccccc1. The molecule has 2 N–H and O–H groups in total. The molecular formula is C20H23NO3. The number of hydrogen-bond acceptors (Lipinski definition) is 4. The van der Waals surface area contributed by atoms with E-state index in [9.17, 15) is 4.79 Å². The Morgan fingerprint density at radius 2 is 1.50 bits per heavy atom. The monoisotopic (exact) mass is 325 g/mol. The number of rotatable bonds is 2. The first-order chi connectivity index (χ1) is 11.7. The van der Waals surface area contributed by atoms with Crippen LogP contribution in [-0.4, -0.2) is 31.3 Å². The first kappa shape index (κ1) is 16.7. The van der Waals surface area contributed by atoms with Crippen LogP contribution in [0.25, 0.3) is 0 Å². The molecule has 4 atom stereocenters. The topological polar surface area (TPSA) is 61.5 Å². The minimum atomic E-state index is -0.738. The predicted molar refractivity (Wildman–Crippen MR) is 92.7 cm³/mol. The summed E-state index contributed by atoms with van der Waals surface area (Å²) in [7, 11) is 0. The fraction of sp³-hybridized carbons (Fsp3) is 0.350. The average Bonchev–Trinajstić information content (AvgIpc) is 2.66. The van der Waals surface area contributed by atoms with E-state index in [1.807, 2.05) is 43.3 Å². The van der Waals surface area contributed by atoms with Crippen molar-refractivity contribution in [1.82, 2.24) is 0 Å². The molecule has 24 heavy (non-hydrogen) atoms. The van der Waals surface area contributed by atoms with Crippen LogP contribution in [-0.2, 0) is 14.3 Å². The summed E-state index contributed by atoms with van der Waals surface area (Å²) in [5.41, 5.74) is 8.15. The van der Waals surface area contributed by atoms with Crippen LogP contribution >= 0.6 is 0 Å². The lowest BCUT2D eigenvalue weighted by atomic mass is 9.79. The van der Waals surface area contributed by atoms with Gasteiger partial charge in [-0.15, -0.1) is 0 Å². The Morgan fingerprint density at radius 3 is 2.12 bits per heavy atom. The zero-order valence-corrected chi connectivity index (χ0v) is 13.8. The van der Waals surface area contributed by atoms with Crippen molar-refractivity contribution in [2.45, 2.75) is 30.9 Å². The van der Waals surface area contributed by atoms with Crippen LogP contribution in [0.2, 0.25) is 0 Å². The van der Waals surface area contributed by atoms with Crippen molar-refractivity contribution in [3.05, 3.63) is 71.8 Å². The van der Waals surface area contributed by atoms with Gasteiger partial charge in [0.1, 0.15) is 12.1 Å². The summed E-state index contributed by atoms with van der Waals surface area (Å²) in [6, 6.07) is 19.6. The van der Waals surface area contributed by atoms with Gasteiger partial charge in [-0.1, -0.05) is 60.7 Å². The molecular weight excluding hydrogens is 302 g/mol. The largest absolute Gasteiger partial charge is 0.461 e. The van der Waals surface area contributed by atoms with Gasteiger partial charge in [0, 0.05) is 11.8 Å². The maximum Gasteiger partial charge on any atom is 0.325 e. The van der Waals surface area contributed by atoms with E-state index in [-0.39, 0.29) is 24.5 Å². The summed E-state index contributed by atoms with van der Waals surface area (Å²) in [4.78, 5) is 12.1. The third-order valence-electron chi connectivity index (χ3n) is 4.55. The molecule has 0 bridgehead atoms. The Labute approximate surface area is 142 Å². The van der Waals surface area contributed by atoms with Gasteiger partial charge in [-0.05, 0) is 18.1 Å². The average molecular weight is 325 g/mol. The smallest absolute Gasteiger partial charge is 0.325 e. The molecule has 1 heterocycles. The lowest BCUT2D eigenvalue weighted by Crippen LogP contribution is -2.38. The summed E-state index contributed by atoms with van der Waals surface area (Å²) < 4.78 is 11.4.